The quantitative estimate of drug-likeness (QED) is 0.760. The van der Waals surface area contributed by atoms with Crippen molar-refractivity contribution in [1.82, 2.24) is 5.32 Å². The van der Waals surface area contributed by atoms with Crippen molar-refractivity contribution in [3.63, 3.8) is 0 Å². The summed E-state index contributed by atoms with van der Waals surface area (Å²) in [6, 6.07) is 3.31. The van der Waals surface area contributed by atoms with Gasteiger partial charge in [-0.1, -0.05) is 13.3 Å². The van der Waals surface area contributed by atoms with Gasteiger partial charge in [-0.25, -0.2) is 0 Å². The van der Waals surface area contributed by atoms with Crippen LogP contribution in [-0.2, 0) is 0 Å². The average molecular weight is 197 g/mol. The van der Waals surface area contributed by atoms with Crippen molar-refractivity contribution in [2.45, 2.75) is 45.7 Å². The van der Waals surface area contributed by atoms with Gasteiger partial charge in [0.15, 0.2) is 0 Å². The zero-order valence-electron chi connectivity index (χ0n) is 8.71. The lowest BCUT2D eigenvalue weighted by atomic mass is 10.1. The molecule has 13 heavy (non-hydrogen) atoms. The molecule has 1 N–H and O–H groups in total. The highest BCUT2D eigenvalue weighted by atomic mass is 32.1. The Morgan fingerprint density at radius 2 is 2.23 bits per heavy atom. The van der Waals surface area contributed by atoms with Crippen LogP contribution in [0.2, 0.25) is 0 Å². The molecule has 1 aromatic rings. The Labute approximate surface area is 85.2 Å². The summed E-state index contributed by atoms with van der Waals surface area (Å²) in [7, 11) is 0. The van der Waals surface area contributed by atoms with Crippen molar-refractivity contribution < 1.29 is 0 Å². The number of nitrogens with one attached hydrogen (secondary N) is 1. The summed E-state index contributed by atoms with van der Waals surface area (Å²) in [5.41, 5.74) is 1.41. The summed E-state index contributed by atoms with van der Waals surface area (Å²) in [5.74, 6) is 0. The first-order chi connectivity index (χ1) is 6.24. The van der Waals surface area contributed by atoms with Crippen LogP contribution < -0.4 is 5.32 Å². The molecule has 2 unspecified atom stereocenters. The average Bonchev–Trinajstić information content (AvgIpc) is 2.55. The standard InChI is InChI=1S/C11H19NS/c1-4-5-9(2)12-10(3)11-6-7-13-8-11/h6-10,12H,4-5H2,1-3H3. The molecule has 0 aliphatic rings. The highest BCUT2D eigenvalue weighted by Crippen LogP contribution is 2.16. The van der Waals surface area contributed by atoms with E-state index in [9.17, 15) is 0 Å². The van der Waals surface area contributed by atoms with Crippen molar-refractivity contribution in [3.8, 4) is 0 Å². The topological polar surface area (TPSA) is 12.0 Å². The highest BCUT2D eigenvalue weighted by Gasteiger charge is 2.08. The maximum atomic E-state index is 3.59. The lowest BCUT2D eigenvalue weighted by molar-refractivity contribution is 0.453. The van der Waals surface area contributed by atoms with Gasteiger partial charge in [0.05, 0.1) is 0 Å². The van der Waals surface area contributed by atoms with E-state index in [1.54, 1.807) is 11.3 Å². The molecular weight excluding hydrogens is 178 g/mol. The van der Waals surface area contributed by atoms with Crippen molar-refractivity contribution in [2.24, 2.45) is 0 Å². The van der Waals surface area contributed by atoms with E-state index < -0.39 is 0 Å². The zero-order chi connectivity index (χ0) is 9.68. The summed E-state index contributed by atoms with van der Waals surface area (Å²) in [6.07, 6.45) is 2.51. The third kappa shape index (κ3) is 3.49. The largest absolute Gasteiger partial charge is 0.308 e. The van der Waals surface area contributed by atoms with E-state index in [2.05, 4.69) is 42.9 Å². The fourth-order valence-corrected chi connectivity index (χ4v) is 2.31. The summed E-state index contributed by atoms with van der Waals surface area (Å²) >= 11 is 1.77. The Morgan fingerprint density at radius 1 is 1.46 bits per heavy atom. The molecule has 0 bridgehead atoms. The van der Waals surface area contributed by atoms with Crippen molar-refractivity contribution >= 4 is 11.3 Å². The van der Waals surface area contributed by atoms with Crippen LogP contribution in [0.25, 0.3) is 0 Å². The first kappa shape index (κ1) is 10.7. The molecule has 2 heteroatoms. The molecule has 1 nitrogen and oxygen atoms in total. The van der Waals surface area contributed by atoms with E-state index in [4.69, 9.17) is 0 Å². The van der Waals surface area contributed by atoms with Gasteiger partial charge in [0, 0.05) is 12.1 Å². The van der Waals surface area contributed by atoms with Crippen LogP contribution in [0.3, 0.4) is 0 Å². The fraction of sp³-hybridized carbons (Fsp3) is 0.636. The van der Waals surface area contributed by atoms with Gasteiger partial charge in [-0.3, -0.25) is 0 Å². The Bertz CT molecular complexity index is 218. The third-order valence-corrected chi connectivity index (χ3v) is 3.00. The van der Waals surface area contributed by atoms with Crippen LogP contribution >= 0.6 is 11.3 Å². The maximum Gasteiger partial charge on any atom is 0.0302 e. The Hall–Kier alpha value is -0.340. The van der Waals surface area contributed by atoms with Crippen molar-refractivity contribution in [1.29, 1.82) is 0 Å². The fourth-order valence-electron chi connectivity index (χ4n) is 1.56. The predicted octanol–water partition coefficient (Wildman–Crippen LogP) is 3.59. The molecule has 1 aromatic heterocycles. The second-order valence-corrected chi connectivity index (χ2v) is 4.41. The van der Waals surface area contributed by atoms with Crippen LogP contribution in [0, 0.1) is 0 Å². The van der Waals surface area contributed by atoms with Gasteiger partial charge >= 0.3 is 0 Å². The molecule has 1 rings (SSSR count). The number of hydrogen-bond acceptors (Lipinski definition) is 2. The molecule has 0 spiro atoms. The normalized spacial score (nSPS) is 15.6. The van der Waals surface area contributed by atoms with E-state index in [-0.39, 0.29) is 0 Å². The monoisotopic (exact) mass is 197 g/mol. The first-order valence-corrected chi connectivity index (χ1v) is 5.96. The molecule has 0 amide bonds. The molecule has 0 radical (unpaired) electrons. The van der Waals surface area contributed by atoms with E-state index in [1.165, 1.54) is 18.4 Å². The minimum Gasteiger partial charge on any atom is -0.308 e. The minimum atomic E-state index is 0.493. The number of thiophene rings is 1. The maximum absolute atomic E-state index is 3.59. The van der Waals surface area contributed by atoms with Crippen molar-refractivity contribution in [2.75, 3.05) is 0 Å². The second kappa shape index (κ2) is 5.40. The Morgan fingerprint density at radius 3 is 2.77 bits per heavy atom. The summed E-state index contributed by atoms with van der Waals surface area (Å²) in [5, 5.41) is 7.95. The SMILES string of the molecule is CCCC(C)NC(C)c1ccsc1. The summed E-state index contributed by atoms with van der Waals surface area (Å²) in [6.45, 7) is 6.72. The molecule has 0 aliphatic heterocycles. The molecule has 74 valence electrons. The van der Waals surface area contributed by atoms with Gasteiger partial charge in [-0.05, 0) is 42.7 Å². The smallest absolute Gasteiger partial charge is 0.0302 e. The lowest BCUT2D eigenvalue weighted by Crippen LogP contribution is -2.28. The van der Waals surface area contributed by atoms with Crippen LogP contribution in [0.4, 0.5) is 0 Å². The van der Waals surface area contributed by atoms with Gasteiger partial charge in [-0.15, -0.1) is 0 Å². The van der Waals surface area contributed by atoms with Crippen LogP contribution in [0.5, 0.6) is 0 Å². The number of hydrogen-bond donors (Lipinski definition) is 1. The third-order valence-electron chi connectivity index (χ3n) is 2.30. The van der Waals surface area contributed by atoms with Crippen LogP contribution in [0.1, 0.15) is 45.2 Å². The molecule has 0 aliphatic carbocycles. The number of rotatable bonds is 5. The lowest BCUT2D eigenvalue weighted by Gasteiger charge is -2.18. The molecule has 1 heterocycles. The summed E-state index contributed by atoms with van der Waals surface area (Å²) in [4.78, 5) is 0. The minimum absolute atomic E-state index is 0.493. The highest BCUT2D eigenvalue weighted by molar-refractivity contribution is 7.07. The van der Waals surface area contributed by atoms with Gasteiger partial charge in [-0.2, -0.15) is 11.3 Å². The molecule has 2 atom stereocenters. The molecule has 0 aromatic carbocycles. The summed E-state index contributed by atoms with van der Waals surface area (Å²) < 4.78 is 0. The zero-order valence-corrected chi connectivity index (χ0v) is 9.53. The second-order valence-electron chi connectivity index (χ2n) is 3.63. The van der Waals surface area contributed by atoms with Crippen molar-refractivity contribution in [3.05, 3.63) is 22.4 Å². The van der Waals surface area contributed by atoms with Gasteiger partial charge < -0.3 is 5.32 Å². The van der Waals surface area contributed by atoms with Gasteiger partial charge in [0.2, 0.25) is 0 Å². The molecule has 0 saturated carbocycles. The van der Waals surface area contributed by atoms with E-state index in [0.717, 1.165) is 0 Å². The Balaban J connectivity index is 2.37. The van der Waals surface area contributed by atoms with E-state index in [1.807, 2.05) is 0 Å². The first-order valence-electron chi connectivity index (χ1n) is 5.02. The van der Waals surface area contributed by atoms with E-state index in [0.29, 0.717) is 12.1 Å². The van der Waals surface area contributed by atoms with E-state index >= 15 is 0 Å². The van der Waals surface area contributed by atoms with Crippen LogP contribution in [-0.4, -0.2) is 6.04 Å². The predicted molar refractivity (Wildman–Crippen MR) is 60.2 cm³/mol. The molecule has 0 saturated heterocycles. The molecule has 0 fully saturated rings. The molecular formula is C11H19NS. The van der Waals surface area contributed by atoms with Gasteiger partial charge in [0.25, 0.3) is 0 Å². The van der Waals surface area contributed by atoms with Gasteiger partial charge in [0.1, 0.15) is 0 Å². The Kier molecular flexibility index (Phi) is 4.46. The van der Waals surface area contributed by atoms with Crippen LogP contribution in [0.15, 0.2) is 16.8 Å².